The van der Waals surface area contributed by atoms with Gasteiger partial charge in [0, 0.05) is 20.8 Å². The van der Waals surface area contributed by atoms with Crippen LogP contribution in [0.3, 0.4) is 0 Å². The first-order chi connectivity index (χ1) is 15.8. The predicted octanol–water partition coefficient (Wildman–Crippen LogP) is 7.78. The van der Waals surface area contributed by atoms with Gasteiger partial charge in [-0.2, -0.15) is 0 Å². The third kappa shape index (κ3) is 2.21. The van der Waals surface area contributed by atoms with E-state index in [9.17, 15) is 0 Å². The highest BCUT2D eigenvalue weighted by Crippen LogP contribution is 2.58. The van der Waals surface area contributed by atoms with E-state index >= 15 is 0 Å². The second-order valence-electron chi connectivity index (χ2n) is 9.92. The summed E-state index contributed by atoms with van der Waals surface area (Å²) in [6.45, 7) is 0. The molecule has 1 nitrogen and oxygen atoms in total. The Morgan fingerprint density at radius 3 is 2.53 bits per heavy atom. The molecule has 2 unspecified atom stereocenters. The minimum absolute atomic E-state index is 0.672. The highest BCUT2D eigenvalue weighted by molar-refractivity contribution is 9.10. The van der Waals surface area contributed by atoms with E-state index in [2.05, 4.69) is 76.6 Å². The summed E-state index contributed by atoms with van der Waals surface area (Å²) in [5.74, 6) is 1.37. The number of hydrogen-bond acceptors (Lipinski definition) is 1. The van der Waals surface area contributed by atoms with Crippen LogP contribution >= 0.6 is 15.9 Å². The SMILES string of the molecule is Brc1ccc(-c2nc3c(cc4ccc5c6c(ccc3c46)CCC=5)c3c2C2CCC3C2)cc1. The summed E-state index contributed by atoms with van der Waals surface area (Å²) in [6, 6.07) is 20.6. The molecule has 8 rings (SSSR count). The van der Waals surface area contributed by atoms with Gasteiger partial charge in [-0.25, -0.2) is 4.98 Å². The maximum Gasteiger partial charge on any atom is 0.0791 e. The molecule has 32 heavy (non-hydrogen) atoms. The minimum Gasteiger partial charge on any atom is -0.247 e. The molecule has 0 amide bonds. The molecule has 0 radical (unpaired) electrons. The van der Waals surface area contributed by atoms with Crippen LogP contribution in [0.25, 0.3) is 49.8 Å². The number of fused-ring (bicyclic) bond motifs is 8. The van der Waals surface area contributed by atoms with Crippen molar-refractivity contribution >= 4 is 54.5 Å². The van der Waals surface area contributed by atoms with Crippen molar-refractivity contribution < 1.29 is 0 Å². The number of halogens is 1. The van der Waals surface area contributed by atoms with Crippen molar-refractivity contribution in [1.29, 1.82) is 0 Å². The Bertz CT molecular complexity index is 1660. The monoisotopic (exact) mass is 475 g/mol. The van der Waals surface area contributed by atoms with Gasteiger partial charge < -0.3 is 0 Å². The van der Waals surface area contributed by atoms with Crippen molar-refractivity contribution in [2.45, 2.75) is 43.9 Å². The van der Waals surface area contributed by atoms with Crippen molar-refractivity contribution in [3.8, 4) is 11.3 Å². The highest BCUT2D eigenvalue weighted by atomic mass is 79.9. The largest absolute Gasteiger partial charge is 0.247 e. The molecule has 2 heteroatoms. The van der Waals surface area contributed by atoms with Crippen molar-refractivity contribution in [2.24, 2.45) is 0 Å². The Hall–Kier alpha value is -2.71. The number of rotatable bonds is 1. The average Bonchev–Trinajstić information content (AvgIpc) is 3.45. The summed E-state index contributed by atoms with van der Waals surface area (Å²) in [6.07, 6.45) is 8.65. The highest BCUT2D eigenvalue weighted by Gasteiger charge is 2.40. The molecule has 2 bridgehead atoms. The van der Waals surface area contributed by atoms with Gasteiger partial charge in [0.05, 0.1) is 11.2 Å². The van der Waals surface area contributed by atoms with Crippen LogP contribution in [-0.4, -0.2) is 4.98 Å². The van der Waals surface area contributed by atoms with Crippen molar-refractivity contribution in [3.63, 3.8) is 0 Å². The molecular formula is C30H22BrN. The molecule has 154 valence electrons. The first kappa shape index (κ1) is 17.8. The fourth-order valence-electron chi connectivity index (χ4n) is 7.03. The molecule has 0 spiro atoms. The van der Waals surface area contributed by atoms with Crippen molar-refractivity contribution in [3.05, 3.63) is 81.0 Å². The first-order valence-electron chi connectivity index (χ1n) is 11.9. The Labute approximate surface area is 195 Å². The maximum absolute atomic E-state index is 5.47. The second kappa shape index (κ2) is 6.20. The van der Waals surface area contributed by atoms with Crippen LogP contribution in [0.1, 0.15) is 54.2 Å². The molecule has 1 saturated carbocycles. The Balaban J connectivity index is 1.58. The lowest BCUT2D eigenvalue weighted by molar-refractivity contribution is 0.720. The van der Waals surface area contributed by atoms with Crippen LogP contribution in [0.4, 0.5) is 0 Å². The summed E-state index contributed by atoms with van der Waals surface area (Å²) in [5, 5.41) is 8.40. The summed E-state index contributed by atoms with van der Waals surface area (Å²) in [4.78, 5) is 5.47. The molecule has 0 N–H and O–H groups in total. The van der Waals surface area contributed by atoms with Gasteiger partial charge in [-0.05, 0) is 100 Å². The zero-order valence-electron chi connectivity index (χ0n) is 17.8. The van der Waals surface area contributed by atoms with Gasteiger partial charge in [0.25, 0.3) is 0 Å². The molecule has 2 atom stereocenters. The van der Waals surface area contributed by atoms with Crippen molar-refractivity contribution in [1.82, 2.24) is 4.98 Å². The molecule has 0 saturated heterocycles. The smallest absolute Gasteiger partial charge is 0.0791 e. The fraction of sp³-hybridized carbons (Fsp3) is 0.233. The fourth-order valence-corrected chi connectivity index (χ4v) is 7.29. The summed E-state index contributed by atoms with van der Waals surface area (Å²) >= 11 is 3.61. The first-order valence-corrected chi connectivity index (χ1v) is 12.7. The third-order valence-corrected chi connectivity index (χ3v) is 8.85. The van der Waals surface area contributed by atoms with Crippen LogP contribution in [-0.2, 0) is 6.42 Å². The van der Waals surface area contributed by atoms with Crippen LogP contribution in [0, 0.1) is 0 Å². The zero-order chi connectivity index (χ0) is 21.0. The van der Waals surface area contributed by atoms with E-state index in [4.69, 9.17) is 4.98 Å². The number of hydrogen-bond donors (Lipinski definition) is 0. The van der Waals surface area contributed by atoms with E-state index in [1.165, 1.54) is 73.7 Å². The third-order valence-electron chi connectivity index (χ3n) is 8.33. The lowest BCUT2D eigenvalue weighted by atomic mass is 9.83. The van der Waals surface area contributed by atoms with E-state index in [0.717, 1.165) is 17.3 Å². The average molecular weight is 476 g/mol. The van der Waals surface area contributed by atoms with E-state index < -0.39 is 0 Å². The Morgan fingerprint density at radius 1 is 0.812 bits per heavy atom. The number of aryl methyl sites for hydroxylation is 1. The van der Waals surface area contributed by atoms with E-state index in [1.54, 1.807) is 11.1 Å². The molecule has 3 aliphatic carbocycles. The normalized spacial score (nSPS) is 20.9. The van der Waals surface area contributed by atoms with Crippen molar-refractivity contribution in [2.75, 3.05) is 0 Å². The van der Waals surface area contributed by atoms with Crippen LogP contribution in [0.15, 0.2) is 59.1 Å². The van der Waals surface area contributed by atoms with Gasteiger partial charge >= 0.3 is 0 Å². The molecule has 5 aromatic rings. The second-order valence-corrected chi connectivity index (χ2v) is 10.8. The molecule has 1 aromatic heterocycles. The summed E-state index contributed by atoms with van der Waals surface area (Å²) < 4.78 is 1.12. The zero-order valence-corrected chi connectivity index (χ0v) is 19.4. The van der Waals surface area contributed by atoms with Gasteiger partial charge in [-0.15, -0.1) is 0 Å². The molecule has 0 aliphatic heterocycles. The Kier molecular flexibility index (Phi) is 3.45. The summed E-state index contributed by atoms with van der Waals surface area (Å²) in [5.41, 5.74) is 8.32. The molecule has 4 aromatic carbocycles. The van der Waals surface area contributed by atoms with E-state index in [1.807, 2.05) is 0 Å². The maximum atomic E-state index is 5.47. The summed E-state index contributed by atoms with van der Waals surface area (Å²) in [7, 11) is 0. The van der Waals surface area contributed by atoms with Crippen LogP contribution in [0.2, 0.25) is 0 Å². The minimum atomic E-state index is 0.672. The van der Waals surface area contributed by atoms with Gasteiger partial charge in [-0.1, -0.05) is 58.4 Å². The molecule has 1 fully saturated rings. The van der Waals surface area contributed by atoms with Gasteiger partial charge in [0.2, 0.25) is 0 Å². The number of pyridine rings is 1. The predicted molar refractivity (Wildman–Crippen MR) is 137 cm³/mol. The lowest BCUT2D eigenvalue weighted by Gasteiger charge is -2.23. The Morgan fingerprint density at radius 2 is 1.66 bits per heavy atom. The molecule has 3 aliphatic rings. The van der Waals surface area contributed by atoms with E-state index in [0.29, 0.717) is 11.8 Å². The quantitative estimate of drug-likeness (QED) is 0.178. The number of aromatic nitrogens is 1. The standard InChI is InChI=1S/C30H22BrN/c31-22-11-8-18(9-12-22)29-28-20-7-6-19(14-20)27(28)24-15-21-5-4-16-2-1-3-17-10-13-23(30(24)32-29)26(21)25(16)17/h2,4-5,8-13,15,19-20H,1,3,6-7,14H2. The van der Waals surface area contributed by atoms with Crippen LogP contribution in [0.5, 0.6) is 0 Å². The van der Waals surface area contributed by atoms with Gasteiger partial charge in [0.1, 0.15) is 0 Å². The van der Waals surface area contributed by atoms with Crippen LogP contribution < -0.4 is 5.22 Å². The number of benzene rings is 4. The van der Waals surface area contributed by atoms with Gasteiger partial charge in [-0.3, -0.25) is 0 Å². The van der Waals surface area contributed by atoms with Gasteiger partial charge in [0.15, 0.2) is 0 Å². The molecule has 1 heterocycles. The topological polar surface area (TPSA) is 12.9 Å². The van der Waals surface area contributed by atoms with E-state index in [-0.39, 0.29) is 0 Å². The molecular weight excluding hydrogens is 454 g/mol. The lowest BCUT2D eigenvalue weighted by Crippen LogP contribution is -2.10. The number of nitrogens with zero attached hydrogens (tertiary/aromatic N) is 1.